The summed E-state index contributed by atoms with van der Waals surface area (Å²) in [4.78, 5) is 14.7. The molecular formula is C17H25N3O. The van der Waals surface area contributed by atoms with Crippen molar-refractivity contribution in [2.75, 3.05) is 7.05 Å². The molecule has 1 amide bonds. The zero-order chi connectivity index (χ0) is 14.8. The van der Waals surface area contributed by atoms with Crippen LogP contribution in [-0.2, 0) is 4.79 Å². The van der Waals surface area contributed by atoms with Gasteiger partial charge in [0.2, 0.25) is 5.91 Å². The van der Waals surface area contributed by atoms with Crippen molar-refractivity contribution in [3.63, 3.8) is 0 Å². The van der Waals surface area contributed by atoms with Gasteiger partial charge in [-0.25, -0.2) is 5.43 Å². The monoisotopic (exact) mass is 287 g/mol. The molecule has 1 aromatic rings. The SMILES string of the molecule is CC(c1ccccc1)N(C)C(=O)C1NNC2CCCCC21. The van der Waals surface area contributed by atoms with Gasteiger partial charge in [0.15, 0.2) is 0 Å². The molecule has 3 rings (SSSR count). The van der Waals surface area contributed by atoms with Gasteiger partial charge < -0.3 is 4.90 Å². The van der Waals surface area contributed by atoms with Gasteiger partial charge in [0.1, 0.15) is 6.04 Å². The highest BCUT2D eigenvalue weighted by Crippen LogP contribution is 2.31. The van der Waals surface area contributed by atoms with Gasteiger partial charge in [0.05, 0.1) is 6.04 Å². The lowest BCUT2D eigenvalue weighted by atomic mass is 9.81. The molecule has 1 aliphatic carbocycles. The Morgan fingerprint density at radius 2 is 1.90 bits per heavy atom. The normalized spacial score (nSPS) is 29.7. The Morgan fingerprint density at radius 3 is 2.67 bits per heavy atom. The Morgan fingerprint density at radius 1 is 1.19 bits per heavy atom. The van der Waals surface area contributed by atoms with Crippen LogP contribution in [0, 0.1) is 5.92 Å². The quantitative estimate of drug-likeness (QED) is 0.896. The van der Waals surface area contributed by atoms with Crippen molar-refractivity contribution >= 4 is 5.91 Å². The Kier molecular flexibility index (Phi) is 4.27. The first kappa shape index (κ1) is 14.5. The maximum atomic E-state index is 12.8. The minimum Gasteiger partial charge on any atom is -0.338 e. The summed E-state index contributed by atoms with van der Waals surface area (Å²) in [6, 6.07) is 10.7. The Bertz CT molecular complexity index is 490. The fourth-order valence-corrected chi connectivity index (χ4v) is 3.65. The molecule has 114 valence electrons. The smallest absolute Gasteiger partial charge is 0.241 e. The second kappa shape index (κ2) is 6.16. The minimum atomic E-state index is -0.0773. The van der Waals surface area contributed by atoms with E-state index in [0.717, 1.165) is 6.42 Å². The lowest BCUT2D eigenvalue weighted by molar-refractivity contribution is -0.135. The molecule has 1 heterocycles. The van der Waals surface area contributed by atoms with E-state index in [1.807, 2.05) is 30.1 Å². The standard InChI is InChI=1S/C17H25N3O/c1-12(13-8-4-3-5-9-13)20(2)17(21)16-14-10-6-7-11-15(14)18-19-16/h3-5,8-9,12,14-16,18-19H,6-7,10-11H2,1-2H3. The predicted molar refractivity (Wildman–Crippen MR) is 83.4 cm³/mol. The molecule has 1 aromatic carbocycles. The van der Waals surface area contributed by atoms with Gasteiger partial charge in [-0.05, 0) is 25.3 Å². The van der Waals surface area contributed by atoms with Crippen molar-refractivity contribution < 1.29 is 4.79 Å². The van der Waals surface area contributed by atoms with Gasteiger partial charge >= 0.3 is 0 Å². The van der Waals surface area contributed by atoms with Crippen molar-refractivity contribution in [2.45, 2.75) is 50.7 Å². The van der Waals surface area contributed by atoms with Gasteiger partial charge in [0.25, 0.3) is 0 Å². The molecule has 4 nitrogen and oxygen atoms in total. The van der Waals surface area contributed by atoms with Crippen LogP contribution < -0.4 is 10.9 Å². The first-order valence-electron chi connectivity index (χ1n) is 8.01. The van der Waals surface area contributed by atoms with Gasteiger partial charge in [0, 0.05) is 19.0 Å². The molecule has 0 spiro atoms. The van der Waals surface area contributed by atoms with E-state index in [2.05, 4.69) is 29.9 Å². The number of carbonyl (C=O) groups excluding carboxylic acids is 1. The van der Waals surface area contributed by atoms with Gasteiger partial charge in [-0.1, -0.05) is 43.2 Å². The molecule has 4 heteroatoms. The molecule has 4 atom stereocenters. The van der Waals surface area contributed by atoms with E-state index >= 15 is 0 Å². The fourth-order valence-electron chi connectivity index (χ4n) is 3.65. The number of carbonyl (C=O) groups is 1. The van der Waals surface area contributed by atoms with Crippen LogP contribution in [0.4, 0.5) is 0 Å². The maximum Gasteiger partial charge on any atom is 0.241 e. The zero-order valence-corrected chi connectivity index (χ0v) is 12.9. The zero-order valence-electron chi connectivity index (χ0n) is 12.9. The van der Waals surface area contributed by atoms with Crippen LogP contribution in [0.25, 0.3) is 0 Å². The number of likely N-dealkylation sites (N-methyl/N-ethyl adjacent to an activating group) is 1. The third kappa shape index (κ3) is 2.83. The Balaban J connectivity index is 1.70. The van der Waals surface area contributed by atoms with Crippen molar-refractivity contribution in [1.29, 1.82) is 0 Å². The number of fused-ring (bicyclic) bond motifs is 1. The molecule has 1 aliphatic heterocycles. The average molecular weight is 287 g/mol. The lowest BCUT2D eigenvalue weighted by Gasteiger charge is -2.32. The summed E-state index contributed by atoms with van der Waals surface area (Å²) in [5, 5.41) is 0. The van der Waals surface area contributed by atoms with E-state index in [1.54, 1.807) is 0 Å². The van der Waals surface area contributed by atoms with Crippen molar-refractivity contribution in [2.24, 2.45) is 5.92 Å². The van der Waals surface area contributed by atoms with Crippen LogP contribution in [0.1, 0.15) is 44.2 Å². The van der Waals surface area contributed by atoms with Crippen molar-refractivity contribution in [3.05, 3.63) is 35.9 Å². The molecule has 1 saturated carbocycles. The molecule has 21 heavy (non-hydrogen) atoms. The van der Waals surface area contributed by atoms with Crippen LogP contribution in [0.15, 0.2) is 30.3 Å². The Labute approximate surface area is 126 Å². The van der Waals surface area contributed by atoms with Crippen LogP contribution in [0.3, 0.4) is 0 Å². The predicted octanol–water partition coefficient (Wildman–Crippen LogP) is 2.24. The van der Waals surface area contributed by atoms with E-state index in [9.17, 15) is 4.79 Å². The summed E-state index contributed by atoms with van der Waals surface area (Å²) in [6.07, 6.45) is 4.84. The number of hydrazine groups is 1. The molecule has 2 fully saturated rings. The second-order valence-electron chi connectivity index (χ2n) is 6.36. The minimum absolute atomic E-state index is 0.0773. The van der Waals surface area contributed by atoms with Crippen LogP contribution >= 0.6 is 0 Å². The lowest BCUT2D eigenvalue weighted by Crippen LogP contribution is -2.47. The van der Waals surface area contributed by atoms with Gasteiger partial charge in [-0.15, -0.1) is 0 Å². The number of rotatable bonds is 3. The number of hydrogen-bond acceptors (Lipinski definition) is 3. The highest BCUT2D eigenvalue weighted by atomic mass is 16.2. The fraction of sp³-hybridized carbons (Fsp3) is 0.588. The highest BCUT2D eigenvalue weighted by molar-refractivity contribution is 5.82. The molecule has 0 aromatic heterocycles. The van der Waals surface area contributed by atoms with E-state index in [4.69, 9.17) is 0 Å². The average Bonchev–Trinajstić information content (AvgIpc) is 2.97. The summed E-state index contributed by atoms with van der Waals surface area (Å²) < 4.78 is 0. The molecule has 0 bridgehead atoms. The number of nitrogens with one attached hydrogen (secondary N) is 2. The molecular weight excluding hydrogens is 262 g/mol. The molecule has 2 N–H and O–H groups in total. The summed E-state index contributed by atoms with van der Waals surface area (Å²) in [5.41, 5.74) is 7.75. The van der Waals surface area contributed by atoms with Gasteiger partial charge in [-0.2, -0.15) is 0 Å². The van der Waals surface area contributed by atoms with Gasteiger partial charge in [-0.3, -0.25) is 10.2 Å². The van der Waals surface area contributed by atoms with Crippen LogP contribution in [-0.4, -0.2) is 29.9 Å². The third-order valence-electron chi connectivity index (χ3n) is 5.15. The number of benzene rings is 1. The molecule has 0 radical (unpaired) electrons. The summed E-state index contributed by atoms with van der Waals surface area (Å²) in [7, 11) is 1.91. The Hall–Kier alpha value is -1.39. The number of nitrogens with zero attached hydrogens (tertiary/aromatic N) is 1. The summed E-state index contributed by atoms with van der Waals surface area (Å²) in [5.74, 6) is 0.643. The van der Waals surface area contributed by atoms with Crippen molar-refractivity contribution in [3.8, 4) is 0 Å². The van der Waals surface area contributed by atoms with E-state index in [1.165, 1.54) is 24.8 Å². The van der Waals surface area contributed by atoms with Crippen LogP contribution in [0.5, 0.6) is 0 Å². The van der Waals surface area contributed by atoms with Crippen LogP contribution in [0.2, 0.25) is 0 Å². The second-order valence-corrected chi connectivity index (χ2v) is 6.36. The first-order chi connectivity index (χ1) is 10.2. The first-order valence-corrected chi connectivity index (χ1v) is 8.01. The van der Waals surface area contributed by atoms with E-state index < -0.39 is 0 Å². The molecule has 2 aliphatic rings. The molecule has 4 unspecified atom stereocenters. The largest absolute Gasteiger partial charge is 0.338 e. The van der Waals surface area contributed by atoms with E-state index in [0.29, 0.717) is 12.0 Å². The summed E-state index contributed by atoms with van der Waals surface area (Å²) >= 11 is 0. The van der Waals surface area contributed by atoms with Crippen molar-refractivity contribution in [1.82, 2.24) is 15.8 Å². The topological polar surface area (TPSA) is 44.4 Å². The molecule has 1 saturated heterocycles. The third-order valence-corrected chi connectivity index (χ3v) is 5.15. The number of amides is 1. The van der Waals surface area contributed by atoms with E-state index in [-0.39, 0.29) is 18.0 Å². The number of hydrogen-bond donors (Lipinski definition) is 2. The summed E-state index contributed by atoms with van der Waals surface area (Å²) in [6.45, 7) is 2.09. The maximum absolute atomic E-state index is 12.8. The highest BCUT2D eigenvalue weighted by Gasteiger charge is 2.42.